The molecule has 0 atom stereocenters. The maximum Gasteiger partial charge on any atom is 0.351 e. The molecule has 0 fully saturated rings. The number of fused-ring (bicyclic) bond motifs is 1. The number of hydrogen-bond acceptors (Lipinski definition) is 4. The number of carboxylic acids is 1. The van der Waals surface area contributed by atoms with Crippen molar-refractivity contribution in [1.82, 2.24) is 0 Å². The van der Waals surface area contributed by atoms with Crippen LogP contribution in [-0.2, 0) is 0 Å². The van der Waals surface area contributed by atoms with E-state index < -0.39 is 17.2 Å². The van der Waals surface area contributed by atoms with Crippen molar-refractivity contribution < 1.29 is 14.3 Å². The number of aromatic carboxylic acids is 1. The smallest absolute Gasteiger partial charge is 0.351 e. The van der Waals surface area contributed by atoms with Gasteiger partial charge in [0.15, 0.2) is 0 Å². The summed E-state index contributed by atoms with van der Waals surface area (Å²) in [5.41, 5.74) is 0.485. The van der Waals surface area contributed by atoms with Gasteiger partial charge in [-0.15, -0.1) is 6.42 Å². The normalized spacial score (nSPS) is 10.3. The Hall–Kier alpha value is -2.74. The Morgan fingerprint density at radius 2 is 2.00 bits per heavy atom. The van der Waals surface area contributed by atoms with Gasteiger partial charge in [0.2, 0.25) is 0 Å². The summed E-state index contributed by atoms with van der Waals surface area (Å²) in [6.45, 7) is 5.51. The quantitative estimate of drug-likeness (QED) is 0.689. The summed E-state index contributed by atoms with van der Waals surface area (Å²) >= 11 is 0. The Morgan fingerprint density at radius 3 is 2.52 bits per heavy atom. The van der Waals surface area contributed by atoms with Crippen LogP contribution in [-0.4, -0.2) is 24.2 Å². The van der Waals surface area contributed by atoms with Crippen LogP contribution in [0.3, 0.4) is 0 Å². The fourth-order valence-corrected chi connectivity index (χ4v) is 2.25. The fourth-order valence-electron chi connectivity index (χ4n) is 2.25. The molecule has 0 unspecified atom stereocenters. The Morgan fingerprint density at radius 1 is 1.33 bits per heavy atom. The van der Waals surface area contributed by atoms with Crippen molar-refractivity contribution in [3.63, 3.8) is 0 Å². The Kier molecular flexibility index (Phi) is 3.99. The predicted octanol–water partition coefficient (Wildman–Crippen LogP) is 2.32. The highest BCUT2D eigenvalue weighted by atomic mass is 16.4. The lowest BCUT2D eigenvalue weighted by molar-refractivity contribution is 0.0692. The van der Waals surface area contributed by atoms with E-state index in [1.807, 2.05) is 18.7 Å². The maximum absolute atomic E-state index is 11.6. The highest BCUT2D eigenvalue weighted by Gasteiger charge is 2.15. The van der Waals surface area contributed by atoms with Gasteiger partial charge in [0.05, 0.1) is 5.69 Å². The molecule has 0 saturated heterocycles. The number of benzene rings is 1. The second-order valence-electron chi connectivity index (χ2n) is 4.48. The van der Waals surface area contributed by atoms with Crippen molar-refractivity contribution in [2.45, 2.75) is 13.8 Å². The van der Waals surface area contributed by atoms with Crippen LogP contribution in [0, 0.1) is 12.3 Å². The van der Waals surface area contributed by atoms with Gasteiger partial charge in [-0.1, -0.05) is 5.92 Å². The van der Waals surface area contributed by atoms with Gasteiger partial charge in [0, 0.05) is 30.1 Å². The first-order chi connectivity index (χ1) is 10.0. The standard InChI is InChI=1S/C16H15NO4/c1-4-10-7-11-8-12(15(18)19)16(20)21-14(11)9-13(10)17(5-2)6-3/h1,7-9H,5-6H2,2-3H3,(H,18,19). The fraction of sp³-hybridized carbons (Fsp3) is 0.250. The third-order valence-corrected chi connectivity index (χ3v) is 3.34. The van der Waals surface area contributed by atoms with E-state index in [2.05, 4.69) is 5.92 Å². The predicted molar refractivity (Wildman–Crippen MR) is 80.9 cm³/mol. The largest absolute Gasteiger partial charge is 0.477 e. The first kappa shape index (κ1) is 14.7. The molecular weight excluding hydrogens is 270 g/mol. The first-order valence-electron chi connectivity index (χ1n) is 6.58. The van der Waals surface area contributed by atoms with Crippen LogP contribution in [0.4, 0.5) is 5.69 Å². The SMILES string of the molecule is C#Cc1cc2cc(C(=O)O)c(=O)oc2cc1N(CC)CC. The number of carbonyl (C=O) groups is 1. The molecule has 1 aromatic heterocycles. The van der Waals surface area contributed by atoms with Crippen molar-refractivity contribution in [2.75, 3.05) is 18.0 Å². The molecule has 2 aromatic rings. The van der Waals surface area contributed by atoms with Crippen molar-refractivity contribution in [3.8, 4) is 12.3 Å². The van der Waals surface area contributed by atoms with Crippen LogP contribution in [0.25, 0.3) is 11.0 Å². The number of carboxylic acid groups (broad SMARTS) is 1. The molecule has 0 saturated carbocycles. The summed E-state index contributed by atoms with van der Waals surface area (Å²) < 4.78 is 5.10. The number of anilines is 1. The van der Waals surface area contributed by atoms with Crippen LogP contribution in [0.5, 0.6) is 0 Å². The second kappa shape index (κ2) is 5.71. The second-order valence-corrected chi connectivity index (χ2v) is 4.48. The lowest BCUT2D eigenvalue weighted by atomic mass is 10.1. The zero-order valence-electron chi connectivity index (χ0n) is 11.8. The molecule has 0 aliphatic rings. The third kappa shape index (κ3) is 2.61. The molecule has 0 aliphatic heterocycles. The highest BCUT2D eigenvalue weighted by molar-refractivity contribution is 5.93. The first-order valence-corrected chi connectivity index (χ1v) is 6.58. The molecule has 0 spiro atoms. The van der Waals surface area contributed by atoms with E-state index >= 15 is 0 Å². The minimum Gasteiger partial charge on any atom is -0.477 e. The minimum atomic E-state index is -1.32. The lowest BCUT2D eigenvalue weighted by Gasteiger charge is -2.22. The van der Waals surface area contributed by atoms with Crippen molar-refractivity contribution >= 4 is 22.6 Å². The monoisotopic (exact) mass is 285 g/mol. The van der Waals surface area contributed by atoms with Crippen LogP contribution < -0.4 is 10.5 Å². The summed E-state index contributed by atoms with van der Waals surface area (Å²) in [7, 11) is 0. The average molecular weight is 285 g/mol. The van der Waals surface area contributed by atoms with Crippen molar-refractivity contribution in [1.29, 1.82) is 0 Å². The molecule has 2 rings (SSSR count). The van der Waals surface area contributed by atoms with Crippen molar-refractivity contribution in [2.24, 2.45) is 0 Å². The molecule has 5 nitrogen and oxygen atoms in total. The van der Waals surface area contributed by atoms with Gasteiger partial charge in [-0.2, -0.15) is 0 Å². The zero-order chi connectivity index (χ0) is 15.6. The van der Waals surface area contributed by atoms with E-state index in [-0.39, 0.29) is 0 Å². The summed E-state index contributed by atoms with van der Waals surface area (Å²) in [4.78, 5) is 24.7. The van der Waals surface area contributed by atoms with Crippen LogP contribution >= 0.6 is 0 Å². The van der Waals surface area contributed by atoms with Crippen LogP contribution in [0.1, 0.15) is 29.8 Å². The third-order valence-electron chi connectivity index (χ3n) is 3.34. The number of rotatable bonds is 4. The maximum atomic E-state index is 11.6. The highest BCUT2D eigenvalue weighted by Crippen LogP contribution is 2.26. The number of nitrogens with zero attached hydrogens (tertiary/aromatic N) is 1. The molecule has 0 aliphatic carbocycles. The van der Waals surface area contributed by atoms with Crippen LogP contribution in [0.2, 0.25) is 0 Å². The molecule has 1 N–H and O–H groups in total. The number of hydrogen-bond donors (Lipinski definition) is 1. The van der Waals surface area contributed by atoms with Gasteiger partial charge in [0.1, 0.15) is 11.1 Å². The van der Waals surface area contributed by atoms with Gasteiger partial charge in [-0.05, 0) is 26.0 Å². The lowest BCUT2D eigenvalue weighted by Crippen LogP contribution is -2.23. The van der Waals surface area contributed by atoms with E-state index in [1.54, 1.807) is 12.1 Å². The summed E-state index contributed by atoms with van der Waals surface area (Å²) in [5, 5.41) is 9.46. The van der Waals surface area contributed by atoms with E-state index in [1.165, 1.54) is 6.07 Å². The van der Waals surface area contributed by atoms with Gasteiger partial charge < -0.3 is 14.4 Å². The molecule has 0 radical (unpaired) electrons. The summed E-state index contributed by atoms with van der Waals surface area (Å²) in [6, 6.07) is 4.64. The van der Waals surface area contributed by atoms with Gasteiger partial charge in [-0.25, -0.2) is 9.59 Å². The Bertz CT molecular complexity index is 794. The molecule has 5 heteroatoms. The van der Waals surface area contributed by atoms with Crippen molar-refractivity contribution in [3.05, 3.63) is 39.7 Å². The molecule has 1 heterocycles. The molecule has 0 amide bonds. The number of terminal acetylenes is 1. The molecular formula is C16H15NO4. The zero-order valence-corrected chi connectivity index (χ0v) is 11.8. The summed E-state index contributed by atoms with van der Waals surface area (Å²) in [5.74, 6) is 1.27. The van der Waals surface area contributed by atoms with E-state index in [0.29, 0.717) is 16.5 Å². The van der Waals surface area contributed by atoms with Gasteiger partial charge >= 0.3 is 11.6 Å². The molecule has 21 heavy (non-hydrogen) atoms. The summed E-state index contributed by atoms with van der Waals surface area (Å²) in [6.07, 6.45) is 5.53. The van der Waals surface area contributed by atoms with E-state index in [9.17, 15) is 9.59 Å². The molecule has 0 bridgehead atoms. The molecule has 108 valence electrons. The average Bonchev–Trinajstić information content (AvgIpc) is 2.47. The topological polar surface area (TPSA) is 70.7 Å². The Balaban J connectivity index is 2.76. The van der Waals surface area contributed by atoms with Crippen LogP contribution in [0.15, 0.2) is 27.4 Å². The minimum absolute atomic E-state index is 0.325. The van der Waals surface area contributed by atoms with Gasteiger partial charge in [0.25, 0.3) is 0 Å². The van der Waals surface area contributed by atoms with E-state index in [0.717, 1.165) is 18.8 Å². The Labute approximate surface area is 121 Å². The van der Waals surface area contributed by atoms with E-state index in [4.69, 9.17) is 15.9 Å². The molecule has 1 aromatic carbocycles. The van der Waals surface area contributed by atoms with Gasteiger partial charge in [-0.3, -0.25) is 0 Å².